The van der Waals surface area contributed by atoms with Crippen LogP contribution in [0.25, 0.3) is 110 Å². The zero-order valence-electron chi connectivity index (χ0n) is 32.8. The molecule has 9 aromatic carbocycles. The third-order valence-corrected chi connectivity index (χ3v) is 14.6. The zero-order chi connectivity index (χ0) is 39.8. The van der Waals surface area contributed by atoms with Gasteiger partial charge in [0.2, 0.25) is 5.95 Å². The molecule has 2 atom stereocenters. The van der Waals surface area contributed by atoms with E-state index in [2.05, 4.69) is 203 Å². The van der Waals surface area contributed by atoms with Crippen molar-refractivity contribution in [2.45, 2.75) is 16.1 Å². The third-order valence-electron chi connectivity index (χ3n) is 13.2. The van der Waals surface area contributed by atoms with Crippen LogP contribution in [0.4, 0.5) is 0 Å². The maximum atomic E-state index is 5.83. The Morgan fingerprint density at radius 1 is 0.426 bits per heavy atom. The van der Waals surface area contributed by atoms with Crippen molar-refractivity contribution in [1.29, 1.82) is 0 Å². The molecular formula is C56H34N4S. The summed E-state index contributed by atoms with van der Waals surface area (Å²) in [6, 6.07) is 62.0. The topological polar surface area (TPSA) is 35.6 Å². The van der Waals surface area contributed by atoms with Crippen molar-refractivity contribution in [3.8, 4) is 22.9 Å². The maximum absolute atomic E-state index is 5.83. The Balaban J connectivity index is 1.15. The number of allylic oxidation sites excluding steroid dienone is 3. The van der Waals surface area contributed by atoms with E-state index < -0.39 is 0 Å². The summed E-state index contributed by atoms with van der Waals surface area (Å²) >= 11 is 1.90. The Morgan fingerprint density at radius 3 is 1.90 bits per heavy atom. The van der Waals surface area contributed by atoms with Crippen molar-refractivity contribution < 1.29 is 0 Å². The standard InChI is InChI=1S/C56H34N4S/c1-2-16-34(17-3-1)59-45-26-12-10-23-41(45)49-43(25-14-27-46(49)59)53-55-52(42-24-11-13-28-48(42)61-55)57-56(58-53)60-47-32-31-40-38-21-7-6-19-36(38)37-20-8-9-22-39(37)50(40)51(47)44-30-29-33-15-4-5-18-35(33)54(44)60/h1-32,42,48H. The molecule has 2 aliphatic rings. The van der Waals surface area contributed by atoms with Crippen molar-refractivity contribution in [2.75, 3.05) is 0 Å². The molecule has 0 radical (unpaired) electrons. The van der Waals surface area contributed by atoms with Crippen LogP contribution in [-0.2, 0) is 0 Å². The summed E-state index contributed by atoms with van der Waals surface area (Å²) in [4.78, 5) is 12.7. The number of hydrogen-bond donors (Lipinski definition) is 0. The van der Waals surface area contributed by atoms with Gasteiger partial charge in [0.05, 0.1) is 38.4 Å². The van der Waals surface area contributed by atoms with Gasteiger partial charge >= 0.3 is 0 Å². The van der Waals surface area contributed by atoms with Gasteiger partial charge < -0.3 is 4.57 Å². The monoisotopic (exact) mass is 794 g/mol. The lowest BCUT2D eigenvalue weighted by atomic mass is 9.91. The van der Waals surface area contributed by atoms with Crippen LogP contribution in [0, 0.1) is 0 Å². The molecule has 0 amide bonds. The molecule has 14 rings (SSSR count). The largest absolute Gasteiger partial charge is 0.309 e. The van der Waals surface area contributed by atoms with E-state index in [0.717, 1.165) is 44.1 Å². The highest BCUT2D eigenvalue weighted by Crippen LogP contribution is 2.53. The molecule has 4 nitrogen and oxygen atoms in total. The van der Waals surface area contributed by atoms with Gasteiger partial charge in [0.25, 0.3) is 0 Å². The summed E-state index contributed by atoms with van der Waals surface area (Å²) in [5.41, 5.74) is 8.90. The summed E-state index contributed by atoms with van der Waals surface area (Å²) in [5.74, 6) is 0.832. The highest BCUT2D eigenvalue weighted by Gasteiger charge is 2.37. The Labute approximate surface area is 354 Å². The molecule has 1 aliphatic heterocycles. The number of thioether (sulfide) groups is 1. The van der Waals surface area contributed by atoms with E-state index in [1.807, 2.05) is 11.8 Å². The molecule has 0 saturated carbocycles. The number of nitrogens with zero attached hydrogens (tertiary/aromatic N) is 4. The van der Waals surface area contributed by atoms with Crippen molar-refractivity contribution in [2.24, 2.45) is 0 Å². The Morgan fingerprint density at radius 2 is 1.07 bits per heavy atom. The van der Waals surface area contributed by atoms with E-state index >= 15 is 0 Å². The molecular weight excluding hydrogens is 761 g/mol. The second-order valence-corrected chi connectivity index (χ2v) is 17.5. The number of fused-ring (bicyclic) bond motifs is 18. The molecule has 5 heteroatoms. The first kappa shape index (κ1) is 33.4. The number of benzene rings is 9. The highest BCUT2D eigenvalue weighted by atomic mass is 32.2. The van der Waals surface area contributed by atoms with Crippen molar-refractivity contribution in [3.63, 3.8) is 0 Å². The van der Waals surface area contributed by atoms with Crippen LogP contribution in [0.1, 0.15) is 11.6 Å². The van der Waals surface area contributed by atoms with E-state index in [0.29, 0.717) is 5.95 Å². The molecule has 12 aromatic rings. The van der Waals surface area contributed by atoms with Gasteiger partial charge in [-0.2, -0.15) is 0 Å². The molecule has 61 heavy (non-hydrogen) atoms. The lowest BCUT2D eigenvalue weighted by molar-refractivity contribution is 0.810. The number of aromatic nitrogens is 4. The van der Waals surface area contributed by atoms with Gasteiger partial charge in [-0.05, 0) is 62.6 Å². The van der Waals surface area contributed by atoms with Crippen LogP contribution in [0.5, 0.6) is 0 Å². The van der Waals surface area contributed by atoms with Crippen LogP contribution < -0.4 is 0 Å². The average Bonchev–Trinajstić information content (AvgIpc) is 3.99. The minimum absolute atomic E-state index is 0.135. The number of para-hydroxylation sites is 2. The number of rotatable bonds is 3. The van der Waals surface area contributed by atoms with Crippen LogP contribution in [-0.4, -0.2) is 24.4 Å². The van der Waals surface area contributed by atoms with Crippen LogP contribution in [0.3, 0.4) is 0 Å². The first-order valence-corrected chi connectivity index (χ1v) is 21.9. The highest BCUT2D eigenvalue weighted by molar-refractivity contribution is 8.00. The second kappa shape index (κ2) is 12.5. The molecule has 3 aromatic heterocycles. The summed E-state index contributed by atoms with van der Waals surface area (Å²) < 4.78 is 4.78. The number of hydrogen-bond acceptors (Lipinski definition) is 3. The fourth-order valence-electron chi connectivity index (χ4n) is 10.7. The molecule has 1 aliphatic carbocycles. The lowest BCUT2D eigenvalue weighted by Gasteiger charge is -2.16. The fourth-order valence-corrected chi connectivity index (χ4v) is 12.1. The van der Waals surface area contributed by atoms with E-state index in [1.165, 1.54) is 70.2 Å². The molecule has 0 fully saturated rings. The van der Waals surface area contributed by atoms with Crippen molar-refractivity contribution in [1.82, 2.24) is 19.1 Å². The fraction of sp³-hybridized carbons (Fsp3) is 0.0357. The summed E-state index contributed by atoms with van der Waals surface area (Å²) in [6.45, 7) is 0. The minimum atomic E-state index is 0.135. The normalized spacial score (nSPS) is 16.0. The SMILES string of the molecule is C1=CC2Sc3c(-c4cccc5c4c4ccccc4n5-c4ccccc4)nc(-n4c5ccc6c7ccccc7c7ccccc7c6c5c5ccc6ccccc6c54)nc3C2C=C1. The third kappa shape index (κ3) is 4.56. The molecule has 4 heterocycles. The quantitative estimate of drug-likeness (QED) is 0.167. The van der Waals surface area contributed by atoms with Crippen molar-refractivity contribution in [3.05, 3.63) is 200 Å². The first-order valence-electron chi connectivity index (χ1n) is 21.0. The summed E-state index contributed by atoms with van der Waals surface area (Å²) in [6.07, 6.45) is 9.03. The van der Waals surface area contributed by atoms with Crippen LogP contribution >= 0.6 is 11.8 Å². The Bertz CT molecular complexity index is 3890. The van der Waals surface area contributed by atoms with Gasteiger partial charge in [0.1, 0.15) is 0 Å². The second-order valence-electron chi connectivity index (χ2n) is 16.3. The van der Waals surface area contributed by atoms with Gasteiger partial charge in [0, 0.05) is 54.7 Å². The van der Waals surface area contributed by atoms with E-state index in [-0.39, 0.29) is 11.2 Å². The molecule has 284 valence electrons. The van der Waals surface area contributed by atoms with E-state index in [9.17, 15) is 0 Å². The Hall–Kier alpha value is -7.47. The van der Waals surface area contributed by atoms with Crippen LogP contribution in [0.15, 0.2) is 199 Å². The average molecular weight is 795 g/mol. The van der Waals surface area contributed by atoms with Crippen molar-refractivity contribution >= 4 is 98.5 Å². The predicted octanol–water partition coefficient (Wildman–Crippen LogP) is 14.6. The Kier molecular flexibility index (Phi) is 6.85. The van der Waals surface area contributed by atoms with Gasteiger partial charge in [-0.25, -0.2) is 9.97 Å². The van der Waals surface area contributed by atoms with Gasteiger partial charge in [-0.3, -0.25) is 4.57 Å². The van der Waals surface area contributed by atoms with Gasteiger partial charge in [0.15, 0.2) is 0 Å². The van der Waals surface area contributed by atoms with Gasteiger partial charge in [-0.15, -0.1) is 11.8 Å². The van der Waals surface area contributed by atoms with Crippen LogP contribution in [0.2, 0.25) is 0 Å². The molecule has 2 unspecified atom stereocenters. The molecule has 0 bridgehead atoms. The summed E-state index contributed by atoms with van der Waals surface area (Å²) in [5, 5.41) is 15.0. The molecule has 0 saturated heterocycles. The summed E-state index contributed by atoms with van der Waals surface area (Å²) in [7, 11) is 0. The molecule has 0 spiro atoms. The lowest BCUT2D eigenvalue weighted by Crippen LogP contribution is -2.11. The van der Waals surface area contributed by atoms with Gasteiger partial charge in [-0.1, -0.05) is 164 Å². The zero-order valence-corrected chi connectivity index (χ0v) is 33.6. The molecule has 0 N–H and O–H groups in total. The van der Waals surface area contributed by atoms with E-state index in [1.54, 1.807) is 0 Å². The predicted molar refractivity (Wildman–Crippen MR) is 257 cm³/mol. The maximum Gasteiger partial charge on any atom is 0.235 e. The first-order chi connectivity index (χ1) is 30.3. The smallest absolute Gasteiger partial charge is 0.235 e. The van der Waals surface area contributed by atoms with E-state index in [4.69, 9.17) is 9.97 Å². The minimum Gasteiger partial charge on any atom is -0.309 e.